The highest BCUT2D eigenvalue weighted by Crippen LogP contribution is 2.30. The number of nitrogens with one attached hydrogen (secondary N) is 2. The Morgan fingerprint density at radius 1 is 1.13 bits per heavy atom. The standard InChI is InChI=1S/C20H15ClF4N4O/c1-11(27-18-10-26-9-17(21)29-18)12-3-2-4-16(7-12)28-19(30)13-5-14(20(23,24)25)8-15(22)6-13/h2-11H,1H3,(H,27,29)(H,28,30)/t11-/m0/s1. The quantitative estimate of drug-likeness (QED) is 0.500. The first kappa shape index (κ1) is 21.5. The molecule has 1 atom stereocenters. The maximum Gasteiger partial charge on any atom is 0.416 e. The Kier molecular flexibility index (Phi) is 6.21. The number of hydrogen-bond acceptors (Lipinski definition) is 4. The molecule has 0 aliphatic carbocycles. The van der Waals surface area contributed by atoms with Crippen LogP contribution in [0.1, 0.15) is 34.5 Å². The van der Waals surface area contributed by atoms with Gasteiger partial charge in [-0.05, 0) is 42.8 Å². The largest absolute Gasteiger partial charge is 0.416 e. The summed E-state index contributed by atoms with van der Waals surface area (Å²) < 4.78 is 52.1. The summed E-state index contributed by atoms with van der Waals surface area (Å²) in [5.41, 5.74) is -0.582. The molecule has 2 N–H and O–H groups in total. The van der Waals surface area contributed by atoms with Crippen LogP contribution in [0.5, 0.6) is 0 Å². The van der Waals surface area contributed by atoms with Gasteiger partial charge in [-0.3, -0.25) is 9.78 Å². The molecule has 3 rings (SSSR count). The molecule has 0 radical (unpaired) electrons. The molecular weight excluding hydrogens is 424 g/mol. The van der Waals surface area contributed by atoms with Crippen molar-refractivity contribution in [3.8, 4) is 0 Å². The topological polar surface area (TPSA) is 66.9 Å². The minimum Gasteiger partial charge on any atom is -0.362 e. The molecule has 10 heteroatoms. The Labute approximate surface area is 174 Å². The molecule has 0 saturated heterocycles. The number of aromatic nitrogens is 2. The number of halogens is 5. The van der Waals surface area contributed by atoms with Gasteiger partial charge in [0.2, 0.25) is 0 Å². The third-order valence-electron chi connectivity index (χ3n) is 4.10. The van der Waals surface area contributed by atoms with Crippen molar-refractivity contribution in [2.45, 2.75) is 19.1 Å². The van der Waals surface area contributed by atoms with E-state index in [2.05, 4.69) is 20.6 Å². The first-order valence-corrected chi connectivity index (χ1v) is 9.03. The van der Waals surface area contributed by atoms with Crippen LogP contribution in [0.15, 0.2) is 54.9 Å². The minimum absolute atomic E-state index is 0.224. The van der Waals surface area contributed by atoms with E-state index in [9.17, 15) is 22.4 Å². The number of carbonyl (C=O) groups excluding carboxylic acids is 1. The summed E-state index contributed by atoms with van der Waals surface area (Å²) in [7, 11) is 0. The fraction of sp³-hybridized carbons (Fsp3) is 0.150. The smallest absolute Gasteiger partial charge is 0.362 e. The molecule has 30 heavy (non-hydrogen) atoms. The first-order valence-electron chi connectivity index (χ1n) is 8.65. The van der Waals surface area contributed by atoms with E-state index in [1.165, 1.54) is 12.4 Å². The Bertz CT molecular complexity index is 1070. The number of anilines is 2. The second-order valence-corrected chi connectivity index (χ2v) is 6.79. The van der Waals surface area contributed by atoms with Gasteiger partial charge in [0.1, 0.15) is 16.8 Å². The lowest BCUT2D eigenvalue weighted by molar-refractivity contribution is -0.137. The van der Waals surface area contributed by atoms with Crippen LogP contribution in [-0.2, 0) is 6.18 Å². The highest BCUT2D eigenvalue weighted by atomic mass is 35.5. The van der Waals surface area contributed by atoms with Crippen molar-refractivity contribution >= 4 is 29.0 Å². The predicted octanol–water partition coefficient (Wildman–Crippen LogP) is 5.71. The lowest BCUT2D eigenvalue weighted by Gasteiger charge is -2.16. The van der Waals surface area contributed by atoms with E-state index in [-0.39, 0.29) is 11.2 Å². The second kappa shape index (κ2) is 8.66. The average Bonchev–Trinajstić information content (AvgIpc) is 2.67. The summed E-state index contributed by atoms with van der Waals surface area (Å²) in [6.45, 7) is 1.84. The molecule has 156 valence electrons. The number of hydrogen-bond donors (Lipinski definition) is 2. The van der Waals surface area contributed by atoms with E-state index >= 15 is 0 Å². The zero-order chi connectivity index (χ0) is 21.9. The summed E-state index contributed by atoms with van der Waals surface area (Å²) >= 11 is 5.81. The van der Waals surface area contributed by atoms with Crippen LogP contribution in [0.3, 0.4) is 0 Å². The van der Waals surface area contributed by atoms with E-state index < -0.39 is 29.0 Å². The molecule has 0 aliphatic rings. The number of rotatable bonds is 5. The van der Waals surface area contributed by atoms with Crippen molar-refractivity contribution in [1.29, 1.82) is 0 Å². The summed E-state index contributed by atoms with van der Waals surface area (Å²) in [6, 6.07) is 8.09. The van der Waals surface area contributed by atoms with Crippen LogP contribution >= 0.6 is 11.6 Å². The Balaban J connectivity index is 1.76. The lowest BCUT2D eigenvalue weighted by atomic mass is 10.1. The fourth-order valence-corrected chi connectivity index (χ4v) is 2.84. The van der Waals surface area contributed by atoms with E-state index in [0.29, 0.717) is 23.6 Å². The molecule has 0 bridgehead atoms. The molecule has 1 amide bonds. The van der Waals surface area contributed by atoms with E-state index in [4.69, 9.17) is 11.6 Å². The summed E-state index contributed by atoms with van der Waals surface area (Å²) in [4.78, 5) is 20.4. The van der Waals surface area contributed by atoms with Crippen LogP contribution in [0.2, 0.25) is 5.15 Å². The molecule has 0 spiro atoms. The molecule has 3 aromatic rings. The van der Waals surface area contributed by atoms with Crippen LogP contribution < -0.4 is 10.6 Å². The highest BCUT2D eigenvalue weighted by Gasteiger charge is 2.32. The number of alkyl halides is 3. The lowest BCUT2D eigenvalue weighted by Crippen LogP contribution is -2.15. The summed E-state index contributed by atoms with van der Waals surface area (Å²) in [5.74, 6) is -1.56. The third-order valence-corrected chi connectivity index (χ3v) is 4.28. The third kappa shape index (κ3) is 5.44. The van der Waals surface area contributed by atoms with Crippen molar-refractivity contribution in [2.75, 3.05) is 10.6 Å². The Hall–Kier alpha value is -3.20. The molecule has 0 aliphatic heterocycles. The molecular formula is C20H15ClF4N4O. The predicted molar refractivity (Wildman–Crippen MR) is 105 cm³/mol. The van der Waals surface area contributed by atoms with Gasteiger partial charge in [0, 0.05) is 11.3 Å². The number of carbonyl (C=O) groups is 1. The van der Waals surface area contributed by atoms with E-state index in [0.717, 1.165) is 11.6 Å². The molecule has 0 fully saturated rings. The zero-order valence-electron chi connectivity index (χ0n) is 15.5. The average molecular weight is 439 g/mol. The highest BCUT2D eigenvalue weighted by molar-refractivity contribution is 6.29. The van der Waals surface area contributed by atoms with Crippen LogP contribution in [0, 0.1) is 5.82 Å². The molecule has 0 saturated carbocycles. The van der Waals surface area contributed by atoms with Gasteiger partial charge in [0.05, 0.1) is 24.0 Å². The Morgan fingerprint density at radius 2 is 1.90 bits per heavy atom. The fourth-order valence-electron chi connectivity index (χ4n) is 2.69. The van der Waals surface area contributed by atoms with Gasteiger partial charge in [-0.1, -0.05) is 23.7 Å². The monoisotopic (exact) mass is 438 g/mol. The molecule has 2 aromatic carbocycles. The zero-order valence-corrected chi connectivity index (χ0v) is 16.2. The maximum absolute atomic E-state index is 13.6. The van der Waals surface area contributed by atoms with Crippen LogP contribution in [0.4, 0.5) is 29.1 Å². The van der Waals surface area contributed by atoms with Crippen molar-refractivity contribution in [2.24, 2.45) is 0 Å². The van der Waals surface area contributed by atoms with Gasteiger partial charge >= 0.3 is 6.18 Å². The van der Waals surface area contributed by atoms with Gasteiger partial charge < -0.3 is 10.6 Å². The van der Waals surface area contributed by atoms with Gasteiger partial charge in [0.25, 0.3) is 5.91 Å². The van der Waals surface area contributed by atoms with Gasteiger partial charge in [0.15, 0.2) is 0 Å². The molecule has 1 heterocycles. The van der Waals surface area contributed by atoms with Crippen LogP contribution in [0.25, 0.3) is 0 Å². The summed E-state index contributed by atoms with van der Waals surface area (Å²) in [6.07, 6.45) is -1.87. The first-order chi connectivity index (χ1) is 14.1. The Morgan fingerprint density at radius 3 is 2.60 bits per heavy atom. The van der Waals surface area contributed by atoms with Crippen molar-refractivity contribution in [3.05, 3.63) is 82.5 Å². The van der Waals surface area contributed by atoms with Gasteiger partial charge in [-0.2, -0.15) is 13.2 Å². The number of nitrogens with zero attached hydrogens (tertiary/aromatic N) is 2. The van der Waals surface area contributed by atoms with E-state index in [1.54, 1.807) is 24.3 Å². The van der Waals surface area contributed by atoms with Crippen LogP contribution in [-0.4, -0.2) is 15.9 Å². The number of benzene rings is 2. The van der Waals surface area contributed by atoms with Gasteiger partial charge in [-0.15, -0.1) is 0 Å². The molecule has 5 nitrogen and oxygen atoms in total. The second-order valence-electron chi connectivity index (χ2n) is 6.40. The molecule has 1 aromatic heterocycles. The van der Waals surface area contributed by atoms with Crippen molar-refractivity contribution in [1.82, 2.24) is 9.97 Å². The SMILES string of the molecule is C[C@H](Nc1cncc(Cl)n1)c1cccc(NC(=O)c2cc(F)cc(C(F)(F)F)c2)c1. The van der Waals surface area contributed by atoms with Crippen molar-refractivity contribution < 1.29 is 22.4 Å². The van der Waals surface area contributed by atoms with E-state index in [1.807, 2.05) is 6.92 Å². The minimum atomic E-state index is -4.76. The molecule has 0 unspecified atom stereocenters. The normalized spacial score (nSPS) is 12.3. The van der Waals surface area contributed by atoms with Crippen molar-refractivity contribution in [3.63, 3.8) is 0 Å². The maximum atomic E-state index is 13.6. The number of amides is 1. The summed E-state index contributed by atoms with van der Waals surface area (Å²) in [5, 5.41) is 5.80. The van der Waals surface area contributed by atoms with Gasteiger partial charge in [-0.25, -0.2) is 9.37 Å².